The van der Waals surface area contributed by atoms with E-state index in [2.05, 4.69) is 5.32 Å². The van der Waals surface area contributed by atoms with Gasteiger partial charge in [0.25, 0.3) is 10.0 Å². The summed E-state index contributed by atoms with van der Waals surface area (Å²) in [6.45, 7) is 2.65. The van der Waals surface area contributed by atoms with Crippen LogP contribution in [0.2, 0.25) is 5.02 Å². The Morgan fingerprint density at radius 3 is 2.32 bits per heavy atom. The van der Waals surface area contributed by atoms with Crippen molar-refractivity contribution in [2.75, 3.05) is 24.5 Å². The minimum Gasteiger partial charge on any atom is -0.495 e. The van der Waals surface area contributed by atoms with Crippen LogP contribution in [0.1, 0.15) is 19.4 Å². The highest BCUT2D eigenvalue weighted by Gasteiger charge is 2.33. The number of likely N-dealkylation sites (N-methyl/N-ethyl adjacent to an activating group) is 1. The van der Waals surface area contributed by atoms with Crippen LogP contribution in [0.15, 0.2) is 77.7 Å². The molecule has 0 heterocycles. The van der Waals surface area contributed by atoms with Gasteiger partial charge < -0.3 is 15.0 Å². The Morgan fingerprint density at radius 2 is 1.71 bits per heavy atom. The maximum atomic E-state index is 14.5. The second kappa shape index (κ2) is 12.7. The van der Waals surface area contributed by atoms with Crippen LogP contribution in [-0.2, 0) is 26.2 Å². The number of benzene rings is 3. The molecule has 0 aromatic heterocycles. The Hall–Kier alpha value is -3.63. The fourth-order valence-corrected chi connectivity index (χ4v) is 5.45. The summed E-state index contributed by atoms with van der Waals surface area (Å²) in [5.74, 6) is -1.39. The molecular weight excluding hydrogens is 533 g/mol. The molecule has 1 unspecified atom stereocenters. The second-order valence-electron chi connectivity index (χ2n) is 8.33. The number of rotatable bonds is 11. The molecule has 3 aromatic rings. The van der Waals surface area contributed by atoms with Crippen LogP contribution < -0.4 is 14.4 Å². The quantitative estimate of drug-likeness (QED) is 0.378. The van der Waals surface area contributed by atoms with E-state index in [1.807, 2.05) is 0 Å². The number of hydrogen-bond acceptors (Lipinski definition) is 5. The van der Waals surface area contributed by atoms with E-state index in [-0.39, 0.29) is 27.7 Å². The topological polar surface area (TPSA) is 96.0 Å². The first kappa shape index (κ1) is 28.9. The number of sulfonamides is 1. The molecule has 0 aliphatic rings. The van der Waals surface area contributed by atoms with E-state index in [0.717, 1.165) is 9.21 Å². The largest absolute Gasteiger partial charge is 0.495 e. The first-order valence-corrected chi connectivity index (χ1v) is 13.6. The first-order valence-electron chi connectivity index (χ1n) is 11.8. The van der Waals surface area contributed by atoms with Crippen LogP contribution >= 0.6 is 11.6 Å². The third-order valence-corrected chi connectivity index (χ3v) is 7.93. The smallest absolute Gasteiger partial charge is 0.264 e. The molecule has 3 aromatic carbocycles. The Labute approximate surface area is 227 Å². The lowest BCUT2D eigenvalue weighted by molar-refractivity contribution is -0.139. The number of methoxy groups -OCH3 is 1. The van der Waals surface area contributed by atoms with Gasteiger partial charge in [0.1, 0.15) is 24.2 Å². The van der Waals surface area contributed by atoms with E-state index in [9.17, 15) is 22.4 Å². The molecule has 38 heavy (non-hydrogen) atoms. The maximum Gasteiger partial charge on any atom is 0.264 e. The van der Waals surface area contributed by atoms with E-state index in [1.54, 1.807) is 31.2 Å². The molecule has 1 atom stereocenters. The standard InChI is InChI=1S/C27H29ClFN3O5S/c1-4-30-27(34)19(2)31(17-20-10-8-9-13-24(20)29)26(33)18-32(21-14-15-25(37-3)23(28)16-21)38(35,36)22-11-6-5-7-12-22/h5-16,19H,4,17-18H2,1-3H3,(H,30,34). The molecule has 0 saturated carbocycles. The molecule has 2 amide bonds. The number of ether oxygens (including phenoxy) is 1. The van der Waals surface area contributed by atoms with Gasteiger partial charge in [-0.25, -0.2) is 12.8 Å². The van der Waals surface area contributed by atoms with Gasteiger partial charge in [0.2, 0.25) is 11.8 Å². The summed E-state index contributed by atoms with van der Waals surface area (Å²) in [5, 5.41) is 2.80. The number of carbonyl (C=O) groups excluding carboxylic acids is 2. The molecule has 202 valence electrons. The van der Waals surface area contributed by atoms with Crippen molar-refractivity contribution in [2.45, 2.75) is 31.3 Å². The van der Waals surface area contributed by atoms with E-state index in [4.69, 9.17) is 16.3 Å². The summed E-state index contributed by atoms with van der Waals surface area (Å²) in [5.41, 5.74) is 0.298. The molecular formula is C27H29ClFN3O5S. The number of nitrogens with one attached hydrogen (secondary N) is 1. The van der Waals surface area contributed by atoms with Crippen molar-refractivity contribution < 1.29 is 27.1 Å². The predicted octanol–water partition coefficient (Wildman–Crippen LogP) is 4.24. The van der Waals surface area contributed by atoms with E-state index in [1.165, 1.54) is 62.6 Å². The third kappa shape index (κ3) is 6.62. The Morgan fingerprint density at radius 1 is 1.05 bits per heavy atom. The number of carbonyl (C=O) groups is 2. The zero-order valence-electron chi connectivity index (χ0n) is 21.2. The molecule has 11 heteroatoms. The van der Waals surface area contributed by atoms with Gasteiger partial charge in [0.15, 0.2) is 0 Å². The summed E-state index contributed by atoms with van der Waals surface area (Å²) in [4.78, 5) is 27.5. The number of hydrogen-bond donors (Lipinski definition) is 1. The Kier molecular flexibility index (Phi) is 9.71. The van der Waals surface area contributed by atoms with Crippen LogP contribution in [0.5, 0.6) is 5.75 Å². The van der Waals surface area contributed by atoms with Gasteiger partial charge in [-0.05, 0) is 50.2 Å². The molecule has 0 spiro atoms. The number of nitrogens with zero attached hydrogens (tertiary/aromatic N) is 2. The van der Waals surface area contributed by atoms with Crippen LogP contribution in [0.4, 0.5) is 10.1 Å². The van der Waals surface area contributed by atoms with Crippen LogP contribution in [0, 0.1) is 5.82 Å². The predicted molar refractivity (Wildman–Crippen MR) is 144 cm³/mol. The van der Waals surface area contributed by atoms with Crippen molar-refractivity contribution >= 4 is 39.1 Å². The van der Waals surface area contributed by atoms with Gasteiger partial charge >= 0.3 is 0 Å². The van der Waals surface area contributed by atoms with Crippen molar-refractivity contribution in [2.24, 2.45) is 0 Å². The SMILES string of the molecule is CCNC(=O)C(C)N(Cc1ccccc1F)C(=O)CN(c1ccc(OC)c(Cl)c1)S(=O)(=O)c1ccccc1. The van der Waals surface area contributed by atoms with Crippen molar-refractivity contribution in [1.29, 1.82) is 0 Å². The van der Waals surface area contributed by atoms with Gasteiger partial charge in [-0.3, -0.25) is 13.9 Å². The fourth-order valence-electron chi connectivity index (χ4n) is 3.77. The highest BCUT2D eigenvalue weighted by Crippen LogP contribution is 2.32. The van der Waals surface area contributed by atoms with Crippen molar-refractivity contribution in [3.05, 3.63) is 89.2 Å². The fraction of sp³-hybridized carbons (Fsp3) is 0.259. The number of halogens is 2. The van der Waals surface area contributed by atoms with Crippen molar-refractivity contribution in [3.8, 4) is 5.75 Å². The average molecular weight is 562 g/mol. The molecule has 8 nitrogen and oxygen atoms in total. The van der Waals surface area contributed by atoms with Crippen LogP contribution in [-0.4, -0.2) is 51.4 Å². The molecule has 1 N–H and O–H groups in total. The lowest BCUT2D eigenvalue weighted by Gasteiger charge is -2.32. The maximum absolute atomic E-state index is 14.5. The normalized spacial score (nSPS) is 11.9. The molecule has 0 radical (unpaired) electrons. The highest BCUT2D eigenvalue weighted by molar-refractivity contribution is 7.92. The monoisotopic (exact) mass is 561 g/mol. The van der Waals surface area contributed by atoms with E-state index >= 15 is 0 Å². The lowest BCUT2D eigenvalue weighted by atomic mass is 10.1. The molecule has 3 rings (SSSR count). The molecule has 0 bridgehead atoms. The van der Waals surface area contributed by atoms with Gasteiger partial charge in [-0.2, -0.15) is 0 Å². The minimum absolute atomic E-state index is 0.0443. The van der Waals surface area contributed by atoms with Gasteiger partial charge in [0.05, 0.1) is 22.7 Å². The summed E-state index contributed by atoms with van der Waals surface area (Å²) < 4.78 is 48.0. The summed E-state index contributed by atoms with van der Waals surface area (Å²) in [7, 11) is -2.82. The van der Waals surface area contributed by atoms with Crippen LogP contribution in [0.3, 0.4) is 0 Å². The highest BCUT2D eigenvalue weighted by atomic mass is 35.5. The Balaban J connectivity index is 2.06. The van der Waals surface area contributed by atoms with Crippen molar-refractivity contribution in [1.82, 2.24) is 10.2 Å². The summed E-state index contributed by atoms with van der Waals surface area (Å²) in [6, 6.07) is 16.8. The Bertz CT molecular complexity index is 1390. The van der Waals surface area contributed by atoms with Crippen LogP contribution in [0.25, 0.3) is 0 Å². The number of amides is 2. The van der Waals surface area contributed by atoms with E-state index < -0.39 is 40.2 Å². The molecule has 0 saturated heterocycles. The minimum atomic E-state index is -4.24. The van der Waals surface area contributed by atoms with Gasteiger partial charge in [-0.1, -0.05) is 48.0 Å². The lowest BCUT2D eigenvalue weighted by Crippen LogP contribution is -2.51. The van der Waals surface area contributed by atoms with Gasteiger partial charge in [0, 0.05) is 18.7 Å². The molecule has 0 aliphatic carbocycles. The zero-order chi connectivity index (χ0) is 27.9. The first-order chi connectivity index (χ1) is 18.1. The van der Waals surface area contributed by atoms with Crippen molar-refractivity contribution in [3.63, 3.8) is 0 Å². The number of anilines is 1. The third-order valence-electron chi connectivity index (χ3n) is 5.85. The van der Waals surface area contributed by atoms with E-state index in [0.29, 0.717) is 12.3 Å². The molecule has 0 fully saturated rings. The second-order valence-corrected chi connectivity index (χ2v) is 10.6. The average Bonchev–Trinajstić information content (AvgIpc) is 2.91. The summed E-state index contributed by atoms with van der Waals surface area (Å²) in [6.07, 6.45) is 0. The summed E-state index contributed by atoms with van der Waals surface area (Å²) >= 11 is 6.28. The zero-order valence-corrected chi connectivity index (χ0v) is 22.8. The van der Waals surface area contributed by atoms with Gasteiger partial charge in [-0.15, -0.1) is 0 Å². The molecule has 0 aliphatic heterocycles.